The highest BCUT2D eigenvalue weighted by Gasteiger charge is 2.34. The fraction of sp³-hybridized carbons (Fsp3) is 1.00. The summed E-state index contributed by atoms with van der Waals surface area (Å²) in [4.78, 5) is 0. The van der Waals surface area contributed by atoms with Crippen LogP contribution >= 0.6 is 0 Å². The summed E-state index contributed by atoms with van der Waals surface area (Å²) in [6.45, 7) is 6.00. The molecular formula is C12H24N2. The van der Waals surface area contributed by atoms with E-state index in [4.69, 9.17) is 0 Å². The lowest BCUT2D eigenvalue weighted by Gasteiger charge is -2.41. The van der Waals surface area contributed by atoms with E-state index >= 15 is 0 Å². The first-order valence-electron chi connectivity index (χ1n) is 6.29. The summed E-state index contributed by atoms with van der Waals surface area (Å²) >= 11 is 0. The van der Waals surface area contributed by atoms with Crippen molar-refractivity contribution in [2.45, 2.75) is 51.5 Å². The maximum absolute atomic E-state index is 3.66. The Labute approximate surface area is 87.8 Å². The predicted octanol–water partition coefficient (Wildman–Crippen LogP) is 1.91. The van der Waals surface area contributed by atoms with Crippen molar-refractivity contribution in [3.8, 4) is 0 Å². The van der Waals surface area contributed by atoms with Crippen molar-refractivity contribution in [1.29, 1.82) is 0 Å². The maximum atomic E-state index is 3.66. The number of nitrogens with one attached hydrogen (secondary N) is 2. The van der Waals surface area contributed by atoms with Gasteiger partial charge in [-0.25, -0.2) is 0 Å². The van der Waals surface area contributed by atoms with Crippen LogP contribution in [0.15, 0.2) is 0 Å². The van der Waals surface area contributed by atoms with E-state index in [-0.39, 0.29) is 0 Å². The summed E-state index contributed by atoms with van der Waals surface area (Å²) in [5.41, 5.74) is 0.679. The Bertz CT molecular complexity index is 164. The monoisotopic (exact) mass is 196 g/mol. The number of hydrogen-bond acceptors (Lipinski definition) is 2. The van der Waals surface area contributed by atoms with Crippen LogP contribution in [-0.2, 0) is 0 Å². The second kappa shape index (κ2) is 4.63. The molecule has 2 nitrogen and oxygen atoms in total. The topological polar surface area (TPSA) is 24.1 Å². The van der Waals surface area contributed by atoms with Crippen LogP contribution < -0.4 is 10.6 Å². The summed E-state index contributed by atoms with van der Waals surface area (Å²) < 4.78 is 0. The first-order valence-corrected chi connectivity index (χ1v) is 6.29. The van der Waals surface area contributed by atoms with Gasteiger partial charge in [0.1, 0.15) is 0 Å². The van der Waals surface area contributed by atoms with E-state index < -0.39 is 0 Å². The molecule has 0 aromatic heterocycles. The van der Waals surface area contributed by atoms with Crippen LogP contribution in [0.1, 0.15) is 45.4 Å². The van der Waals surface area contributed by atoms with E-state index in [0.717, 1.165) is 6.04 Å². The Morgan fingerprint density at radius 1 is 1.36 bits per heavy atom. The van der Waals surface area contributed by atoms with E-state index in [9.17, 15) is 0 Å². The molecule has 1 saturated carbocycles. The summed E-state index contributed by atoms with van der Waals surface area (Å²) in [6.07, 6.45) is 8.45. The highest BCUT2D eigenvalue weighted by molar-refractivity contribution is 4.89. The normalized spacial score (nSPS) is 30.2. The van der Waals surface area contributed by atoms with Gasteiger partial charge in [-0.3, -0.25) is 0 Å². The van der Waals surface area contributed by atoms with Gasteiger partial charge in [-0.1, -0.05) is 13.3 Å². The highest BCUT2D eigenvalue weighted by atomic mass is 15.0. The molecule has 0 spiro atoms. The van der Waals surface area contributed by atoms with Gasteiger partial charge >= 0.3 is 0 Å². The number of rotatable bonds is 5. The van der Waals surface area contributed by atoms with Gasteiger partial charge in [0, 0.05) is 19.1 Å². The van der Waals surface area contributed by atoms with Crippen molar-refractivity contribution in [1.82, 2.24) is 10.6 Å². The molecule has 2 N–H and O–H groups in total. The Balaban J connectivity index is 1.61. The lowest BCUT2D eigenvalue weighted by atomic mass is 9.67. The summed E-state index contributed by atoms with van der Waals surface area (Å²) in [6, 6.07) is 0.754. The molecule has 0 aromatic rings. The van der Waals surface area contributed by atoms with Gasteiger partial charge in [0.2, 0.25) is 0 Å². The van der Waals surface area contributed by atoms with Gasteiger partial charge in [0.05, 0.1) is 0 Å². The minimum Gasteiger partial charge on any atom is -0.315 e. The van der Waals surface area contributed by atoms with E-state index in [1.807, 2.05) is 0 Å². The molecular weight excluding hydrogens is 172 g/mol. The van der Waals surface area contributed by atoms with E-state index in [1.54, 1.807) is 0 Å². The van der Waals surface area contributed by atoms with Crippen molar-refractivity contribution in [2.24, 2.45) is 5.41 Å². The highest BCUT2D eigenvalue weighted by Crippen LogP contribution is 2.42. The minimum atomic E-state index is 0.679. The molecule has 2 fully saturated rings. The second-order valence-corrected chi connectivity index (χ2v) is 5.13. The molecule has 0 aromatic carbocycles. The average molecular weight is 196 g/mol. The Morgan fingerprint density at radius 2 is 2.21 bits per heavy atom. The zero-order chi connectivity index (χ0) is 9.86. The van der Waals surface area contributed by atoms with E-state index in [2.05, 4.69) is 17.6 Å². The molecule has 1 heterocycles. The predicted molar refractivity (Wildman–Crippen MR) is 60.5 cm³/mol. The van der Waals surface area contributed by atoms with Crippen molar-refractivity contribution in [3.63, 3.8) is 0 Å². The van der Waals surface area contributed by atoms with Crippen LogP contribution in [0, 0.1) is 5.41 Å². The fourth-order valence-corrected chi connectivity index (χ4v) is 2.77. The van der Waals surface area contributed by atoms with Crippen molar-refractivity contribution in [2.75, 3.05) is 19.6 Å². The molecule has 0 amide bonds. The quantitative estimate of drug-likeness (QED) is 0.702. The zero-order valence-corrected chi connectivity index (χ0v) is 9.44. The third-order valence-electron chi connectivity index (χ3n) is 4.22. The van der Waals surface area contributed by atoms with E-state index in [0.29, 0.717) is 5.41 Å². The van der Waals surface area contributed by atoms with Crippen molar-refractivity contribution < 1.29 is 0 Å². The molecule has 2 rings (SSSR count). The molecule has 1 aliphatic heterocycles. The van der Waals surface area contributed by atoms with Gasteiger partial charge in [0.15, 0.2) is 0 Å². The average Bonchev–Trinajstić information content (AvgIpc) is 2.62. The first kappa shape index (κ1) is 10.4. The van der Waals surface area contributed by atoms with Crippen LogP contribution in [0.4, 0.5) is 0 Å². The molecule has 0 radical (unpaired) electrons. The Hall–Kier alpha value is -0.0800. The summed E-state index contributed by atoms with van der Waals surface area (Å²) in [5, 5.41) is 7.19. The van der Waals surface area contributed by atoms with Crippen LogP contribution in [0.3, 0.4) is 0 Å². The molecule has 82 valence electrons. The summed E-state index contributed by atoms with van der Waals surface area (Å²) in [5.74, 6) is 0. The van der Waals surface area contributed by atoms with Gasteiger partial charge in [0.25, 0.3) is 0 Å². The minimum absolute atomic E-state index is 0.679. The van der Waals surface area contributed by atoms with Gasteiger partial charge in [-0.05, 0) is 44.1 Å². The van der Waals surface area contributed by atoms with Gasteiger partial charge in [-0.15, -0.1) is 0 Å². The van der Waals surface area contributed by atoms with Gasteiger partial charge < -0.3 is 10.6 Å². The van der Waals surface area contributed by atoms with Gasteiger partial charge in [-0.2, -0.15) is 0 Å². The van der Waals surface area contributed by atoms with Crippen LogP contribution in [0.25, 0.3) is 0 Å². The maximum Gasteiger partial charge on any atom is 0.0192 e. The summed E-state index contributed by atoms with van der Waals surface area (Å²) in [7, 11) is 0. The lowest BCUT2D eigenvalue weighted by Crippen LogP contribution is -2.43. The molecule has 1 atom stereocenters. The third-order valence-corrected chi connectivity index (χ3v) is 4.22. The van der Waals surface area contributed by atoms with E-state index in [1.165, 1.54) is 58.2 Å². The van der Waals surface area contributed by atoms with Crippen LogP contribution in [0.2, 0.25) is 0 Å². The zero-order valence-electron chi connectivity index (χ0n) is 9.44. The first-order chi connectivity index (χ1) is 6.85. The second-order valence-electron chi connectivity index (χ2n) is 5.13. The fourth-order valence-electron chi connectivity index (χ4n) is 2.77. The van der Waals surface area contributed by atoms with Crippen LogP contribution in [-0.4, -0.2) is 25.7 Å². The van der Waals surface area contributed by atoms with Crippen molar-refractivity contribution >= 4 is 0 Å². The third kappa shape index (κ3) is 2.29. The Morgan fingerprint density at radius 3 is 2.71 bits per heavy atom. The molecule has 2 aliphatic rings. The Kier molecular flexibility index (Phi) is 3.45. The SMILES string of the molecule is CCC1(CNCC2CCCN2)CCC1. The molecule has 1 unspecified atom stereocenters. The van der Waals surface area contributed by atoms with Crippen molar-refractivity contribution in [3.05, 3.63) is 0 Å². The molecule has 2 heteroatoms. The molecule has 1 saturated heterocycles. The molecule has 14 heavy (non-hydrogen) atoms. The largest absolute Gasteiger partial charge is 0.315 e. The molecule has 0 bridgehead atoms. The lowest BCUT2D eigenvalue weighted by molar-refractivity contribution is 0.123. The molecule has 1 aliphatic carbocycles. The standard InChI is InChI=1S/C12H24N2/c1-2-12(6-4-7-12)10-13-9-11-5-3-8-14-11/h11,13-14H,2-10H2,1H3. The number of hydrogen-bond donors (Lipinski definition) is 2. The smallest absolute Gasteiger partial charge is 0.0192 e. The van der Waals surface area contributed by atoms with Crippen LogP contribution in [0.5, 0.6) is 0 Å².